The van der Waals surface area contributed by atoms with Crippen molar-refractivity contribution in [2.45, 2.75) is 6.92 Å². The van der Waals surface area contributed by atoms with Gasteiger partial charge in [-0.15, -0.1) is 0 Å². The lowest BCUT2D eigenvalue weighted by Crippen LogP contribution is -1.89. The van der Waals surface area contributed by atoms with E-state index in [2.05, 4.69) is 15.2 Å². The van der Waals surface area contributed by atoms with E-state index in [1.165, 1.54) is 12.1 Å². The van der Waals surface area contributed by atoms with Crippen LogP contribution in [0.25, 0.3) is 22.0 Å². The van der Waals surface area contributed by atoms with E-state index in [4.69, 9.17) is 0 Å². The van der Waals surface area contributed by atoms with Crippen molar-refractivity contribution in [1.29, 1.82) is 0 Å². The molecular weight excluding hydrogens is 217 g/mol. The molecule has 0 atom stereocenters. The number of nitrogens with zero attached hydrogens (tertiary/aromatic N) is 2. The van der Waals surface area contributed by atoms with Gasteiger partial charge < -0.3 is 0 Å². The molecule has 0 aliphatic heterocycles. The predicted octanol–water partition coefficient (Wildman–Crippen LogP) is 3.07. The Bertz CT molecular complexity index is 674. The van der Waals surface area contributed by atoms with E-state index < -0.39 is 0 Å². The highest BCUT2D eigenvalue weighted by Crippen LogP contribution is 2.25. The molecule has 0 aliphatic carbocycles. The van der Waals surface area contributed by atoms with Gasteiger partial charge in [0.25, 0.3) is 0 Å². The van der Waals surface area contributed by atoms with Crippen molar-refractivity contribution >= 4 is 10.9 Å². The number of benzene rings is 1. The largest absolute Gasteiger partial charge is 0.285 e. The summed E-state index contributed by atoms with van der Waals surface area (Å²) in [6, 6.07) is 6.54. The first kappa shape index (κ1) is 9.96. The molecule has 0 amide bonds. The fraction of sp³-hybridized carbons (Fsp3) is 0.0769. The second kappa shape index (κ2) is 3.66. The number of aromatic amines is 1. The molecule has 4 heteroatoms. The molecule has 1 N–H and O–H groups in total. The Hall–Kier alpha value is -2.23. The van der Waals surface area contributed by atoms with Gasteiger partial charge in [0.2, 0.25) is 0 Å². The van der Waals surface area contributed by atoms with Gasteiger partial charge >= 0.3 is 0 Å². The normalized spacial score (nSPS) is 10.9. The topological polar surface area (TPSA) is 41.6 Å². The maximum Gasteiger partial charge on any atom is 0.123 e. The molecule has 1 aromatic carbocycles. The molecule has 0 bridgehead atoms. The summed E-state index contributed by atoms with van der Waals surface area (Å²) in [6.45, 7) is 1.94. The van der Waals surface area contributed by atoms with Crippen LogP contribution in [-0.2, 0) is 0 Å². The van der Waals surface area contributed by atoms with Gasteiger partial charge in [-0.2, -0.15) is 5.10 Å². The predicted molar refractivity (Wildman–Crippen MR) is 64.0 cm³/mol. The van der Waals surface area contributed by atoms with E-state index in [9.17, 15) is 4.39 Å². The van der Waals surface area contributed by atoms with Crippen LogP contribution in [0.3, 0.4) is 0 Å². The summed E-state index contributed by atoms with van der Waals surface area (Å²) in [7, 11) is 0. The zero-order chi connectivity index (χ0) is 11.8. The number of hydrogen-bond donors (Lipinski definition) is 1. The van der Waals surface area contributed by atoms with Crippen molar-refractivity contribution in [3.63, 3.8) is 0 Å². The first-order chi connectivity index (χ1) is 8.24. The minimum atomic E-state index is -0.249. The lowest BCUT2D eigenvalue weighted by Gasteiger charge is -2.05. The molecule has 3 aromatic rings. The van der Waals surface area contributed by atoms with Crippen LogP contribution in [0.4, 0.5) is 4.39 Å². The third-order valence-electron chi connectivity index (χ3n) is 2.78. The second-order valence-corrected chi connectivity index (χ2v) is 3.95. The van der Waals surface area contributed by atoms with Crippen LogP contribution in [0.1, 0.15) is 5.69 Å². The number of aryl methyl sites for hydroxylation is 1. The van der Waals surface area contributed by atoms with Gasteiger partial charge in [0.05, 0.1) is 11.7 Å². The first-order valence-electron chi connectivity index (χ1n) is 5.30. The summed E-state index contributed by atoms with van der Waals surface area (Å²) >= 11 is 0. The van der Waals surface area contributed by atoms with Crippen LogP contribution in [-0.4, -0.2) is 15.2 Å². The molecular formula is C13H10FN3. The van der Waals surface area contributed by atoms with Crippen LogP contribution in [0.5, 0.6) is 0 Å². The van der Waals surface area contributed by atoms with E-state index >= 15 is 0 Å². The number of rotatable bonds is 1. The van der Waals surface area contributed by atoms with Crippen LogP contribution in [0, 0.1) is 12.7 Å². The monoisotopic (exact) mass is 227 g/mol. The fourth-order valence-corrected chi connectivity index (χ4v) is 1.93. The molecule has 0 saturated heterocycles. The van der Waals surface area contributed by atoms with Crippen LogP contribution < -0.4 is 0 Å². The molecule has 0 unspecified atom stereocenters. The van der Waals surface area contributed by atoms with Crippen molar-refractivity contribution in [3.8, 4) is 11.1 Å². The Morgan fingerprint density at radius 3 is 2.88 bits per heavy atom. The third-order valence-corrected chi connectivity index (χ3v) is 2.78. The average Bonchev–Trinajstić information content (AvgIpc) is 2.82. The quantitative estimate of drug-likeness (QED) is 0.694. The fourth-order valence-electron chi connectivity index (χ4n) is 1.93. The third kappa shape index (κ3) is 1.67. The summed E-state index contributed by atoms with van der Waals surface area (Å²) in [5.41, 5.74) is 3.64. The Kier molecular flexibility index (Phi) is 2.14. The van der Waals surface area contributed by atoms with Gasteiger partial charge in [-0.05, 0) is 31.2 Å². The van der Waals surface area contributed by atoms with Gasteiger partial charge in [-0.25, -0.2) is 4.39 Å². The molecule has 2 heterocycles. The standard InChI is InChI=1S/C13H10FN3/c1-8-12(10-6-15-16-7-10)5-9-4-11(14)2-3-13(9)17-8/h2-7H,1H3,(H,15,16). The average molecular weight is 227 g/mol. The zero-order valence-corrected chi connectivity index (χ0v) is 9.24. The summed E-state index contributed by atoms with van der Waals surface area (Å²) in [6.07, 6.45) is 3.53. The van der Waals surface area contributed by atoms with E-state index in [1.54, 1.807) is 18.5 Å². The van der Waals surface area contributed by atoms with E-state index in [0.717, 1.165) is 27.7 Å². The van der Waals surface area contributed by atoms with Gasteiger partial charge in [0, 0.05) is 28.4 Å². The van der Waals surface area contributed by atoms with Gasteiger partial charge in [0.15, 0.2) is 0 Å². The molecule has 0 aliphatic rings. The Morgan fingerprint density at radius 2 is 2.12 bits per heavy atom. The molecule has 3 rings (SSSR count). The highest BCUT2D eigenvalue weighted by atomic mass is 19.1. The maximum absolute atomic E-state index is 13.2. The molecule has 0 spiro atoms. The van der Waals surface area contributed by atoms with Crippen LogP contribution >= 0.6 is 0 Å². The number of fused-ring (bicyclic) bond motifs is 1. The van der Waals surface area contributed by atoms with Crippen LogP contribution in [0.2, 0.25) is 0 Å². The van der Waals surface area contributed by atoms with Crippen LogP contribution in [0.15, 0.2) is 36.7 Å². The lowest BCUT2D eigenvalue weighted by atomic mass is 10.1. The maximum atomic E-state index is 13.2. The minimum Gasteiger partial charge on any atom is -0.285 e. The summed E-state index contributed by atoms with van der Waals surface area (Å²) in [5.74, 6) is -0.249. The molecule has 0 fully saturated rings. The zero-order valence-electron chi connectivity index (χ0n) is 9.24. The van der Waals surface area contributed by atoms with E-state index in [0.29, 0.717) is 0 Å². The van der Waals surface area contributed by atoms with Crippen molar-refractivity contribution < 1.29 is 4.39 Å². The van der Waals surface area contributed by atoms with Gasteiger partial charge in [-0.1, -0.05) is 0 Å². The van der Waals surface area contributed by atoms with Crippen molar-refractivity contribution in [2.75, 3.05) is 0 Å². The molecule has 0 saturated carbocycles. The SMILES string of the molecule is Cc1nc2ccc(F)cc2cc1-c1cn[nH]c1. The van der Waals surface area contributed by atoms with E-state index in [-0.39, 0.29) is 5.82 Å². The Morgan fingerprint density at radius 1 is 1.24 bits per heavy atom. The number of aromatic nitrogens is 3. The molecule has 0 radical (unpaired) electrons. The van der Waals surface area contributed by atoms with Crippen molar-refractivity contribution in [1.82, 2.24) is 15.2 Å². The summed E-state index contributed by atoms with van der Waals surface area (Å²) in [5, 5.41) is 7.47. The Balaban J connectivity index is 2.29. The second-order valence-electron chi connectivity index (χ2n) is 3.95. The van der Waals surface area contributed by atoms with Crippen molar-refractivity contribution in [3.05, 3.63) is 48.2 Å². The van der Waals surface area contributed by atoms with E-state index in [1.807, 2.05) is 13.0 Å². The first-order valence-corrected chi connectivity index (χ1v) is 5.30. The summed E-state index contributed by atoms with van der Waals surface area (Å²) in [4.78, 5) is 4.46. The molecule has 84 valence electrons. The number of H-pyrrole nitrogens is 1. The van der Waals surface area contributed by atoms with Crippen molar-refractivity contribution in [2.24, 2.45) is 0 Å². The number of nitrogens with one attached hydrogen (secondary N) is 1. The molecule has 17 heavy (non-hydrogen) atoms. The molecule has 3 nitrogen and oxygen atoms in total. The lowest BCUT2D eigenvalue weighted by molar-refractivity contribution is 0.629. The van der Waals surface area contributed by atoms with Gasteiger partial charge in [-0.3, -0.25) is 10.1 Å². The number of hydrogen-bond acceptors (Lipinski definition) is 2. The van der Waals surface area contributed by atoms with Gasteiger partial charge in [0.1, 0.15) is 5.82 Å². The summed E-state index contributed by atoms with van der Waals surface area (Å²) < 4.78 is 13.2. The molecule has 2 aromatic heterocycles. The highest BCUT2D eigenvalue weighted by molar-refractivity contribution is 5.84. The number of pyridine rings is 1. The number of halogens is 1. The minimum absolute atomic E-state index is 0.249. The smallest absolute Gasteiger partial charge is 0.123 e. The Labute approximate surface area is 97.3 Å². The highest BCUT2D eigenvalue weighted by Gasteiger charge is 2.07.